The number of carbonyl (C=O) groups excluding carboxylic acids is 1. The van der Waals surface area contributed by atoms with Gasteiger partial charge in [-0.15, -0.1) is 0 Å². The standard InChI is InChI=1S/C22H35F9O4S.Na.H/c1-2-3-4-5-6-7-8-9-10-11-12-13-14-15-16-17-18(32)35-36(33,34)22(30,31)20(25,26)19(23,24)21(27,28)29;;/h2-17H2,1H3;;. The van der Waals surface area contributed by atoms with Crippen LogP contribution in [0.3, 0.4) is 0 Å². The summed E-state index contributed by atoms with van der Waals surface area (Å²) in [6.45, 7) is 2.17. The van der Waals surface area contributed by atoms with Crippen molar-refractivity contribution in [3.05, 3.63) is 0 Å². The molecule has 0 spiro atoms. The van der Waals surface area contributed by atoms with Gasteiger partial charge in [0.1, 0.15) is 0 Å². The monoisotopic (exact) mass is 590 g/mol. The molecule has 0 heterocycles. The number of hydrogen-bond donors (Lipinski definition) is 0. The van der Waals surface area contributed by atoms with Crippen LogP contribution in [0.5, 0.6) is 0 Å². The van der Waals surface area contributed by atoms with Gasteiger partial charge in [0.2, 0.25) is 0 Å². The zero-order chi connectivity index (χ0) is 28.1. The van der Waals surface area contributed by atoms with Crippen LogP contribution in [0, 0.1) is 0 Å². The zero-order valence-corrected chi connectivity index (χ0v) is 21.1. The molecule has 0 aliphatic heterocycles. The first-order valence-corrected chi connectivity index (χ1v) is 13.5. The fourth-order valence-electron chi connectivity index (χ4n) is 3.37. The normalized spacial score (nSPS) is 13.4. The molecule has 0 saturated heterocycles. The Morgan fingerprint density at radius 2 is 0.919 bits per heavy atom. The SMILES string of the molecule is CCCCCCCCCCCCCCCCCC(=O)OS(=O)(=O)C(F)(F)C(F)(F)C(F)(F)C(F)(F)F.[NaH]. The molecule has 0 aromatic rings. The average Bonchev–Trinajstić information content (AvgIpc) is 2.74. The van der Waals surface area contributed by atoms with Gasteiger partial charge < -0.3 is 4.18 Å². The fourth-order valence-corrected chi connectivity index (χ4v) is 4.25. The molecule has 0 amide bonds. The molecule has 0 bridgehead atoms. The van der Waals surface area contributed by atoms with Gasteiger partial charge in [-0.2, -0.15) is 47.9 Å². The van der Waals surface area contributed by atoms with E-state index in [0.717, 1.165) is 32.1 Å². The van der Waals surface area contributed by atoms with Crippen molar-refractivity contribution in [2.24, 2.45) is 0 Å². The third-order valence-corrected chi connectivity index (χ3v) is 6.91. The summed E-state index contributed by atoms with van der Waals surface area (Å²) >= 11 is 0. The summed E-state index contributed by atoms with van der Waals surface area (Å²) in [4.78, 5) is 11.4. The van der Waals surface area contributed by atoms with Crippen molar-refractivity contribution in [2.45, 2.75) is 133 Å². The van der Waals surface area contributed by atoms with Gasteiger partial charge in [-0.1, -0.05) is 96.8 Å². The molecule has 0 aromatic carbocycles. The Labute approximate surface area is 234 Å². The Hall–Kier alpha value is -0.210. The van der Waals surface area contributed by atoms with E-state index in [9.17, 15) is 52.7 Å². The van der Waals surface area contributed by atoms with Crippen LogP contribution in [-0.4, -0.2) is 67.2 Å². The summed E-state index contributed by atoms with van der Waals surface area (Å²) < 4.78 is 141. The van der Waals surface area contributed by atoms with Crippen molar-refractivity contribution in [3.63, 3.8) is 0 Å². The molecule has 0 fully saturated rings. The molecular formula is C22H36F9NaO4S. The quantitative estimate of drug-likeness (QED) is 0.0626. The summed E-state index contributed by atoms with van der Waals surface area (Å²) in [6.07, 6.45) is 6.38. The van der Waals surface area contributed by atoms with Gasteiger partial charge in [-0.25, -0.2) is 0 Å². The van der Waals surface area contributed by atoms with E-state index in [0.29, 0.717) is 12.8 Å². The first-order chi connectivity index (χ1) is 16.5. The minimum atomic E-state index is -7.42. The fraction of sp³-hybridized carbons (Fsp3) is 0.955. The third kappa shape index (κ3) is 12.2. The van der Waals surface area contributed by atoms with E-state index in [1.165, 1.54) is 44.9 Å². The summed E-state index contributed by atoms with van der Waals surface area (Å²) in [5.41, 5.74) is 0. The van der Waals surface area contributed by atoms with Crippen molar-refractivity contribution in [3.8, 4) is 0 Å². The molecule has 0 radical (unpaired) electrons. The number of rotatable bonds is 20. The van der Waals surface area contributed by atoms with Gasteiger partial charge >= 0.3 is 68.9 Å². The van der Waals surface area contributed by atoms with Crippen LogP contribution < -0.4 is 0 Å². The van der Waals surface area contributed by atoms with Gasteiger partial charge in [0.25, 0.3) is 0 Å². The molecule has 0 aliphatic rings. The molecule has 218 valence electrons. The Morgan fingerprint density at radius 3 is 1.24 bits per heavy atom. The topological polar surface area (TPSA) is 60.4 Å². The van der Waals surface area contributed by atoms with Crippen LogP contribution in [0.4, 0.5) is 39.5 Å². The van der Waals surface area contributed by atoms with Crippen molar-refractivity contribution >= 4 is 45.6 Å². The molecule has 0 aromatic heterocycles. The third-order valence-electron chi connectivity index (χ3n) is 5.62. The average molecular weight is 591 g/mol. The number of alkyl halides is 9. The van der Waals surface area contributed by atoms with Crippen molar-refractivity contribution in [1.29, 1.82) is 0 Å². The number of halogens is 9. The van der Waals surface area contributed by atoms with E-state index < -0.39 is 45.8 Å². The van der Waals surface area contributed by atoms with Crippen molar-refractivity contribution < 1.29 is 56.9 Å². The second-order valence-corrected chi connectivity index (χ2v) is 10.4. The Balaban J connectivity index is 0. The second kappa shape index (κ2) is 17.5. The van der Waals surface area contributed by atoms with E-state index in [-0.39, 0.29) is 36.0 Å². The minimum absolute atomic E-state index is 0. The molecule has 0 saturated carbocycles. The first kappa shape index (κ1) is 38.9. The molecule has 15 heteroatoms. The Kier molecular flexibility index (Phi) is 18.4. The van der Waals surface area contributed by atoms with E-state index in [4.69, 9.17) is 0 Å². The van der Waals surface area contributed by atoms with Crippen LogP contribution in [0.25, 0.3) is 0 Å². The summed E-state index contributed by atoms with van der Waals surface area (Å²) in [7, 11) is -7.14. The summed E-state index contributed by atoms with van der Waals surface area (Å²) in [6, 6.07) is 0. The van der Waals surface area contributed by atoms with Gasteiger partial charge in [-0.3, -0.25) is 4.79 Å². The zero-order valence-electron chi connectivity index (χ0n) is 20.3. The van der Waals surface area contributed by atoms with Gasteiger partial charge in [0.05, 0.1) is 0 Å². The molecule has 0 rings (SSSR count). The van der Waals surface area contributed by atoms with E-state index in [1.807, 2.05) is 0 Å². The number of carbonyl (C=O) groups is 1. The van der Waals surface area contributed by atoms with Crippen LogP contribution in [0.1, 0.15) is 110 Å². The molecule has 37 heavy (non-hydrogen) atoms. The molecule has 4 nitrogen and oxygen atoms in total. The Bertz CT molecular complexity index is 745. The van der Waals surface area contributed by atoms with E-state index in [2.05, 4.69) is 11.1 Å². The first-order valence-electron chi connectivity index (χ1n) is 12.1. The van der Waals surface area contributed by atoms with Crippen molar-refractivity contribution in [1.82, 2.24) is 0 Å². The van der Waals surface area contributed by atoms with Crippen LogP contribution >= 0.6 is 0 Å². The van der Waals surface area contributed by atoms with Crippen molar-refractivity contribution in [2.75, 3.05) is 0 Å². The maximum atomic E-state index is 13.5. The molecular weight excluding hydrogens is 554 g/mol. The van der Waals surface area contributed by atoms with Crippen LogP contribution in [-0.2, 0) is 19.1 Å². The summed E-state index contributed by atoms with van der Waals surface area (Å²) in [5.74, 6) is -16.8. The molecule has 0 N–H and O–H groups in total. The van der Waals surface area contributed by atoms with Crippen LogP contribution in [0.2, 0.25) is 0 Å². The van der Waals surface area contributed by atoms with E-state index in [1.54, 1.807) is 0 Å². The summed E-state index contributed by atoms with van der Waals surface area (Å²) in [5, 5.41) is -7.02. The maximum absolute atomic E-state index is 13.5. The predicted octanol–water partition coefficient (Wildman–Crippen LogP) is 7.90. The van der Waals surface area contributed by atoms with E-state index >= 15 is 0 Å². The van der Waals surface area contributed by atoms with Gasteiger partial charge in [-0.05, 0) is 6.42 Å². The Morgan fingerprint density at radius 1 is 0.595 bits per heavy atom. The van der Waals surface area contributed by atoms with Crippen LogP contribution in [0.15, 0.2) is 0 Å². The van der Waals surface area contributed by atoms with Gasteiger partial charge in [0, 0.05) is 6.42 Å². The number of hydrogen-bond acceptors (Lipinski definition) is 4. The second-order valence-electron chi connectivity index (χ2n) is 8.77. The van der Waals surface area contributed by atoms with Gasteiger partial charge in [0.15, 0.2) is 0 Å². The molecule has 0 atom stereocenters. The number of unbranched alkanes of at least 4 members (excludes halogenated alkanes) is 14. The predicted molar refractivity (Wildman–Crippen MR) is 123 cm³/mol. The molecule has 0 aliphatic carbocycles. The molecule has 0 unspecified atom stereocenters.